The van der Waals surface area contributed by atoms with Gasteiger partial charge in [-0.2, -0.15) is 0 Å². The molecule has 2 heterocycles. The number of hydrogen-bond donors (Lipinski definition) is 3. The summed E-state index contributed by atoms with van der Waals surface area (Å²) in [7, 11) is 1.85. The molecule has 4 rings (SSSR count). The molecule has 0 saturated carbocycles. The lowest BCUT2D eigenvalue weighted by molar-refractivity contribution is -0.113. The predicted octanol–water partition coefficient (Wildman–Crippen LogP) is 3.44. The van der Waals surface area contributed by atoms with Crippen molar-refractivity contribution in [1.82, 2.24) is 14.8 Å². The summed E-state index contributed by atoms with van der Waals surface area (Å²) in [4.78, 5) is 13.7. The van der Waals surface area contributed by atoms with Crippen LogP contribution in [0.15, 0.2) is 29.4 Å². The van der Waals surface area contributed by atoms with E-state index in [-0.39, 0.29) is 17.4 Å². The zero-order chi connectivity index (χ0) is 19.7. The summed E-state index contributed by atoms with van der Waals surface area (Å²) in [5.74, 6) is 0.998. The lowest BCUT2D eigenvalue weighted by Crippen LogP contribution is -2.14. The van der Waals surface area contributed by atoms with Crippen LogP contribution < -0.4 is 11.1 Å². The standard InChI is InChI=1S/C19H21N5O2S2/c1-24-17(11-6-8-12(25)9-7-11)22-23-19(24)27-10-15(26)21-18-16(20)13-4-2-3-5-14(13)28-18/h6-9,25H,2-5,10,20H2,1H3,(H,21,26). The van der Waals surface area contributed by atoms with Crippen LogP contribution in [0.4, 0.5) is 10.7 Å². The first-order valence-electron chi connectivity index (χ1n) is 9.04. The van der Waals surface area contributed by atoms with Crippen molar-refractivity contribution in [1.29, 1.82) is 0 Å². The van der Waals surface area contributed by atoms with Crippen LogP contribution in [0.1, 0.15) is 23.3 Å². The first kappa shape index (κ1) is 18.8. The number of amides is 1. The molecule has 1 aliphatic carbocycles. The Morgan fingerprint density at radius 1 is 1.29 bits per heavy atom. The molecule has 28 heavy (non-hydrogen) atoms. The molecular formula is C19H21N5O2S2. The van der Waals surface area contributed by atoms with E-state index < -0.39 is 0 Å². The van der Waals surface area contributed by atoms with Gasteiger partial charge in [0.15, 0.2) is 11.0 Å². The van der Waals surface area contributed by atoms with Gasteiger partial charge in [-0.05, 0) is 55.5 Å². The number of nitrogens with one attached hydrogen (secondary N) is 1. The summed E-state index contributed by atoms with van der Waals surface area (Å²) in [6, 6.07) is 6.77. The van der Waals surface area contributed by atoms with Crippen LogP contribution in [0.5, 0.6) is 5.75 Å². The van der Waals surface area contributed by atoms with Crippen LogP contribution >= 0.6 is 23.1 Å². The number of nitrogens with zero attached hydrogens (tertiary/aromatic N) is 3. The van der Waals surface area contributed by atoms with E-state index in [0.29, 0.717) is 11.0 Å². The fraction of sp³-hybridized carbons (Fsp3) is 0.316. The van der Waals surface area contributed by atoms with Crippen LogP contribution in [-0.2, 0) is 24.7 Å². The Bertz CT molecular complexity index is 1010. The highest BCUT2D eigenvalue weighted by Crippen LogP contribution is 2.40. The third kappa shape index (κ3) is 3.72. The number of carbonyl (C=O) groups is 1. The first-order valence-corrected chi connectivity index (χ1v) is 10.8. The number of nitrogen functional groups attached to an aromatic ring is 1. The van der Waals surface area contributed by atoms with Gasteiger partial charge in [-0.15, -0.1) is 21.5 Å². The Labute approximate surface area is 171 Å². The van der Waals surface area contributed by atoms with E-state index in [1.54, 1.807) is 35.6 Å². The highest BCUT2D eigenvalue weighted by atomic mass is 32.2. The van der Waals surface area contributed by atoms with Crippen molar-refractivity contribution in [2.75, 3.05) is 16.8 Å². The zero-order valence-electron chi connectivity index (χ0n) is 15.4. The van der Waals surface area contributed by atoms with Gasteiger partial charge in [0.1, 0.15) is 10.8 Å². The van der Waals surface area contributed by atoms with Crippen molar-refractivity contribution < 1.29 is 9.90 Å². The third-order valence-electron chi connectivity index (χ3n) is 4.76. The maximum absolute atomic E-state index is 12.4. The summed E-state index contributed by atoms with van der Waals surface area (Å²) >= 11 is 2.92. The van der Waals surface area contributed by atoms with E-state index in [0.717, 1.165) is 35.5 Å². The second kappa shape index (κ2) is 7.84. The van der Waals surface area contributed by atoms with E-state index in [4.69, 9.17) is 5.73 Å². The molecule has 0 saturated heterocycles. The van der Waals surface area contributed by atoms with E-state index in [1.165, 1.54) is 28.6 Å². The number of aryl methyl sites for hydroxylation is 1. The number of aromatic nitrogens is 3. The molecule has 1 aromatic carbocycles. The van der Waals surface area contributed by atoms with Gasteiger partial charge in [0.2, 0.25) is 5.91 Å². The maximum atomic E-state index is 12.4. The summed E-state index contributed by atoms with van der Waals surface area (Å²) in [6.45, 7) is 0. The SMILES string of the molecule is Cn1c(SCC(=O)Nc2sc3c(c2N)CCCC3)nnc1-c1ccc(O)cc1. The fourth-order valence-corrected chi connectivity index (χ4v) is 5.22. The number of benzene rings is 1. The Balaban J connectivity index is 1.40. The molecule has 0 radical (unpaired) electrons. The molecule has 0 atom stereocenters. The van der Waals surface area contributed by atoms with Crippen LogP contribution in [0.25, 0.3) is 11.4 Å². The van der Waals surface area contributed by atoms with Crippen molar-refractivity contribution >= 4 is 39.7 Å². The molecule has 0 fully saturated rings. The summed E-state index contributed by atoms with van der Waals surface area (Å²) in [6.07, 6.45) is 4.40. The minimum atomic E-state index is -0.107. The van der Waals surface area contributed by atoms with Gasteiger partial charge in [0, 0.05) is 17.5 Å². The van der Waals surface area contributed by atoms with E-state index in [2.05, 4.69) is 15.5 Å². The minimum absolute atomic E-state index is 0.107. The lowest BCUT2D eigenvalue weighted by atomic mass is 9.98. The third-order valence-corrected chi connectivity index (χ3v) is 7.00. The quantitative estimate of drug-likeness (QED) is 0.551. The molecule has 0 spiro atoms. The van der Waals surface area contributed by atoms with Crippen LogP contribution in [0, 0.1) is 0 Å². The van der Waals surface area contributed by atoms with Crippen LogP contribution in [0.2, 0.25) is 0 Å². The van der Waals surface area contributed by atoms with Gasteiger partial charge in [-0.25, -0.2) is 0 Å². The molecular weight excluding hydrogens is 394 g/mol. The Morgan fingerprint density at radius 2 is 2.04 bits per heavy atom. The largest absolute Gasteiger partial charge is 0.508 e. The van der Waals surface area contributed by atoms with E-state index >= 15 is 0 Å². The van der Waals surface area contributed by atoms with Gasteiger partial charge in [-0.1, -0.05) is 11.8 Å². The average Bonchev–Trinajstić information content (AvgIpc) is 3.21. The highest BCUT2D eigenvalue weighted by Gasteiger charge is 2.20. The predicted molar refractivity (Wildman–Crippen MR) is 113 cm³/mol. The second-order valence-electron chi connectivity index (χ2n) is 6.70. The van der Waals surface area contributed by atoms with Gasteiger partial charge in [0.25, 0.3) is 0 Å². The molecule has 0 aliphatic heterocycles. The molecule has 0 bridgehead atoms. The second-order valence-corrected chi connectivity index (χ2v) is 8.75. The Morgan fingerprint density at radius 3 is 2.79 bits per heavy atom. The number of rotatable bonds is 5. The van der Waals surface area contributed by atoms with Gasteiger partial charge >= 0.3 is 0 Å². The average molecular weight is 416 g/mol. The summed E-state index contributed by atoms with van der Waals surface area (Å²) in [5, 5.41) is 22.2. The fourth-order valence-electron chi connectivity index (χ4n) is 3.28. The normalized spacial score (nSPS) is 13.3. The molecule has 1 aliphatic rings. The van der Waals surface area contributed by atoms with Gasteiger partial charge in [0.05, 0.1) is 11.4 Å². The monoisotopic (exact) mass is 415 g/mol. The Kier molecular flexibility index (Phi) is 5.27. The number of thiophene rings is 1. The smallest absolute Gasteiger partial charge is 0.235 e. The summed E-state index contributed by atoms with van der Waals surface area (Å²) < 4.78 is 1.84. The highest BCUT2D eigenvalue weighted by molar-refractivity contribution is 7.99. The Hall–Kier alpha value is -2.52. The van der Waals surface area contributed by atoms with Crippen molar-refractivity contribution in [3.8, 4) is 17.1 Å². The van der Waals surface area contributed by atoms with Crippen LogP contribution in [-0.4, -0.2) is 31.5 Å². The number of hydrogen-bond acceptors (Lipinski definition) is 7. The molecule has 146 valence electrons. The molecule has 0 unspecified atom stereocenters. The number of carbonyl (C=O) groups excluding carboxylic acids is 1. The first-order chi connectivity index (χ1) is 13.5. The zero-order valence-corrected chi connectivity index (χ0v) is 17.1. The van der Waals surface area contributed by atoms with Crippen molar-refractivity contribution in [3.05, 3.63) is 34.7 Å². The van der Waals surface area contributed by atoms with Crippen molar-refractivity contribution in [2.24, 2.45) is 7.05 Å². The maximum Gasteiger partial charge on any atom is 0.235 e. The number of phenolic OH excluding ortho intramolecular Hbond substituents is 1. The van der Waals surface area contributed by atoms with E-state index in [9.17, 15) is 9.90 Å². The molecule has 4 N–H and O–H groups in total. The summed E-state index contributed by atoms with van der Waals surface area (Å²) in [5.41, 5.74) is 9.02. The topological polar surface area (TPSA) is 106 Å². The number of aromatic hydroxyl groups is 1. The van der Waals surface area contributed by atoms with Gasteiger partial charge in [-0.3, -0.25) is 4.79 Å². The number of fused-ring (bicyclic) bond motifs is 1. The van der Waals surface area contributed by atoms with E-state index in [1.807, 2.05) is 11.6 Å². The molecule has 7 nitrogen and oxygen atoms in total. The molecule has 1 amide bonds. The molecule has 2 aromatic heterocycles. The number of nitrogens with two attached hydrogens (primary N) is 1. The number of thioether (sulfide) groups is 1. The molecule has 9 heteroatoms. The van der Waals surface area contributed by atoms with Gasteiger partial charge < -0.3 is 20.7 Å². The number of phenols is 1. The van der Waals surface area contributed by atoms with Crippen molar-refractivity contribution in [2.45, 2.75) is 30.8 Å². The lowest BCUT2D eigenvalue weighted by Gasteiger charge is -2.10. The molecule has 3 aromatic rings. The number of anilines is 2. The minimum Gasteiger partial charge on any atom is -0.508 e. The van der Waals surface area contributed by atoms with Crippen LogP contribution in [0.3, 0.4) is 0 Å². The van der Waals surface area contributed by atoms with Crippen molar-refractivity contribution in [3.63, 3.8) is 0 Å².